The highest BCUT2D eigenvalue weighted by Crippen LogP contribution is 2.35. The maximum Gasteiger partial charge on any atom is 0.281 e. The second-order valence-electron chi connectivity index (χ2n) is 18.8. The van der Waals surface area contributed by atoms with E-state index in [1.807, 2.05) is 9.80 Å². The summed E-state index contributed by atoms with van der Waals surface area (Å²) in [5.41, 5.74) is 0.820. The summed E-state index contributed by atoms with van der Waals surface area (Å²) >= 11 is 0. The lowest BCUT2D eigenvalue weighted by molar-refractivity contribution is 0.0682. The molecule has 0 bridgehead atoms. The van der Waals surface area contributed by atoms with Crippen LogP contribution in [0, 0.1) is 41.9 Å². The number of aromatic hydroxyl groups is 1. The first-order valence-electron chi connectivity index (χ1n) is 25.5. The third kappa shape index (κ3) is 15.9. The van der Waals surface area contributed by atoms with Crippen molar-refractivity contribution >= 4 is 23.2 Å². The number of hydrogen-bond acceptors (Lipinski definition) is 7. The van der Waals surface area contributed by atoms with E-state index < -0.39 is 5.56 Å². The molecule has 0 saturated heterocycles. The molecule has 1 fully saturated rings. The predicted molar refractivity (Wildman–Crippen MR) is 260 cm³/mol. The lowest BCUT2D eigenvalue weighted by Crippen LogP contribution is -2.40. The molecule has 1 aromatic carbocycles. The van der Waals surface area contributed by atoms with Gasteiger partial charge in [0.15, 0.2) is 5.69 Å². The van der Waals surface area contributed by atoms with Crippen molar-refractivity contribution in [3.8, 4) is 11.9 Å². The molecule has 63 heavy (non-hydrogen) atoms. The topological polar surface area (TPSA) is 131 Å². The number of amides is 2. The first-order valence-corrected chi connectivity index (χ1v) is 25.5. The van der Waals surface area contributed by atoms with Gasteiger partial charge in [0.05, 0.1) is 5.69 Å². The van der Waals surface area contributed by atoms with Crippen molar-refractivity contribution in [3.63, 3.8) is 0 Å². The fourth-order valence-corrected chi connectivity index (χ4v) is 9.49. The standard InChI is InChI=1S/C53H86N6O4/c1-10-18-25-40(14-5)35-57(36-41(15-6)26-19-11-2)50(60)44-31-45(51(61)58(37-42(16-7)27-20-12-3)38-43(17-8)28-21-13-4)33-46(32-44)55-56-49-39(9)48(34-54)52(62)59(53(49)63)47-29-23-22-24-30-47/h31-33,40-43,47,62H,10-30,35-38H2,1-9H3. The van der Waals surface area contributed by atoms with Crippen molar-refractivity contribution in [2.24, 2.45) is 33.9 Å². The summed E-state index contributed by atoms with van der Waals surface area (Å²) in [5.74, 6) is 0.879. The molecule has 0 spiro atoms. The molecule has 2 amide bonds. The van der Waals surface area contributed by atoms with Crippen LogP contribution in [0.2, 0.25) is 0 Å². The molecule has 1 aliphatic rings. The zero-order valence-corrected chi connectivity index (χ0v) is 41.2. The van der Waals surface area contributed by atoms with Crippen molar-refractivity contribution in [3.05, 3.63) is 50.8 Å². The third-order valence-electron chi connectivity index (χ3n) is 14.0. The molecule has 2 aromatic rings. The summed E-state index contributed by atoms with van der Waals surface area (Å²) in [7, 11) is 0. The van der Waals surface area contributed by atoms with E-state index in [0.29, 0.717) is 66.7 Å². The molecule has 0 aliphatic heterocycles. The molecule has 10 nitrogen and oxygen atoms in total. The van der Waals surface area contributed by atoms with Gasteiger partial charge in [0.2, 0.25) is 5.88 Å². The molecule has 4 atom stereocenters. The number of benzene rings is 1. The molecule has 10 heteroatoms. The summed E-state index contributed by atoms with van der Waals surface area (Å²) in [4.78, 5) is 48.5. The van der Waals surface area contributed by atoms with Crippen LogP contribution in [0.25, 0.3) is 0 Å². The molecular weight excluding hydrogens is 785 g/mol. The summed E-state index contributed by atoms with van der Waals surface area (Å²) in [6.07, 6.45) is 21.3. The van der Waals surface area contributed by atoms with Gasteiger partial charge in [-0.05, 0) is 87.3 Å². The van der Waals surface area contributed by atoms with E-state index in [4.69, 9.17) is 0 Å². The van der Waals surface area contributed by atoms with Gasteiger partial charge in [0.25, 0.3) is 17.4 Å². The average molecular weight is 871 g/mol. The number of pyridine rings is 1. The van der Waals surface area contributed by atoms with E-state index in [1.54, 1.807) is 25.1 Å². The Morgan fingerprint density at radius 3 is 1.43 bits per heavy atom. The average Bonchev–Trinajstić information content (AvgIpc) is 3.30. The lowest BCUT2D eigenvalue weighted by Gasteiger charge is -2.32. The number of carbonyl (C=O) groups excluding carboxylic acids is 2. The first kappa shape index (κ1) is 53.3. The Bertz CT molecular complexity index is 1720. The van der Waals surface area contributed by atoms with Crippen LogP contribution in [0.3, 0.4) is 0 Å². The summed E-state index contributed by atoms with van der Waals surface area (Å²) in [6, 6.07) is 7.07. The Morgan fingerprint density at radius 1 is 0.683 bits per heavy atom. The second kappa shape index (κ2) is 28.7. The number of nitriles is 1. The van der Waals surface area contributed by atoms with Crippen LogP contribution in [0.1, 0.15) is 228 Å². The molecule has 1 saturated carbocycles. The first-order chi connectivity index (χ1) is 30.4. The van der Waals surface area contributed by atoms with Crippen molar-refractivity contribution in [2.45, 2.75) is 203 Å². The quantitative estimate of drug-likeness (QED) is 0.0813. The number of hydrogen-bond donors (Lipinski definition) is 1. The molecule has 3 rings (SSSR count). The lowest BCUT2D eigenvalue weighted by atomic mass is 9.94. The smallest absolute Gasteiger partial charge is 0.281 e. The Hall–Kier alpha value is -4.00. The van der Waals surface area contributed by atoms with Crippen LogP contribution < -0.4 is 5.56 Å². The Morgan fingerprint density at radius 2 is 1.08 bits per heavy atom. The monoisotopic (exact) mass is 871 g/mol. The minimum atomic E-state index is -0.494. The van der Waals surface area contributed by atoms with Gasteiger partial charge in [-0.2, -0.15) is 10.4 Å². The molecule has 1 aliphatic carbocycles. The van der Waals surface area contributed by atoms with E-state index in [9.17, 15) is 15.2 Å². The van der Waals surface area contributed by atoms with Crippen LogP contribution in [0.4, 0.5) is 11.4 Å². The van der Waals surface area contributed by atoms with Crippen molar-refractivity contribution in [1.29, 1.82) is 5.26 Å². The van der Waals surface area contributed by atoms with Gasteiger partial charge < -0.3 is 14.9 Å². The molecule has 4 unspecified atom stereocenters. The summed E-state index contributed by atoms with van der Waals surface area (Å²) < 4.78 is 1.33. The zero-order valence-electron chi connectivity index (χ0n) is 41.2. The van der Waals surface area contributed by atoms with Gasteiger partial charge in [-0.25, -0.2) is 0 Å². The number of aromatic nitrogens is 1. The number of unbranched alkanes of at least 4 members (excludes halogenated alkanes) is 4. The van der Waals surface area contributed by atoms with Crippen LogP contribution in [0.15, 0.2) is 33.2 Å². The fraction of sp³-hybridized carbons (Fsp3) is 0.736. The summed E-state index contributed by atoms with van der Waals surface area (Å²) in [6.45, 7) is 21.9. The second-order valence-corrected chi connectivity index (χ2v) is 18.8. The summed E-state index contributed by atoms with van der Waals surface area (Å²) in [5, 5.41) is 30.5. The normalized spacial score (nSPS) is 15.2. The van der Waals surface area contributed by atoms with Gasteiger partial charge in [0, 0.05) is 48.9 Å². The molecule has 352 valence electrons. The van der Waals surface area contributed by atoms with Gasteiger partial charge in [-0.3, -0.25) is 19.0 Å². The van der Waals surface area contributed by atoms with E-state index in [-0.39, 0.29) is 40.6 Å². The van der Waals surface area contributed by atoms with Gasteiger partial charge in [0.1, 0.15) is 11.6 Å². The van der Waals surface area contributed by atoms with Crippen LogP contribution in [0.5, 0.6) is 5.88 Å². The Balaban J connectivity index is 2.29. The number of nitrogens with zero attached hydrogens (tertiary/aromatic N) is 6. The predicted octanol–water partition coefficient (Wildman–Crippen LogP) is 14.4. The van der Waals surface area contributed by atoms with Gasteiger partial charge in [-0.1, -0.05) is 152 Å². The molecule has 0 radical (unpaired) electrons. The highest BCUT2D eigenvalue weighted by molar-refractivity contribution is 6.01. The number of rotatable bonds is 29. The highest BCUT2D eigenvalue weighted by atomic mass is 16.3. The fourth-order valence-electron chi connectivity index (χ4n) is 9.49. The number of carbonyl (C=O) groups is 2. The molecule has 1 aromatic heterocycles. The Labute approximate surface area is 382 Å². The van der Waals surface area contributed by atoms with E-state index in [2.05, 4.69) is 71.7 Å². The van der Waals surface area contributed by atoms with Gasteiger partial charge in [-0.15, -0.1) is 5.11 Å². The Kier molecular flexibility index (Phi) is 24.3. The maximum atomic E-state index is 15.1. The largest absolute Gasteiger partial charge is 0.493 e. The van der Waals surface area contributed by atoms with Gasteiger partial charge >= 0.3 is 0 Å². The van der Waals surface area contributed by atoms with E-state index in [0.717, 1.165) is 135 Å². The van der Waals surface area contributed by atoms with Crippen LogP contribution >= 0.6 is 0 Å². The van der Waals surface area contributed by atoms with E-state index in [1.165, 1.54) is 4.57 Å². The molecule has 1 heterocycles. The molecular formula is C53H86N6O4. The number of azo groups is 1. The maximum absolute atomic E-state index is 15.1. The van der Waals surface area contributed by atoms with E-state index >= 15 is 9.59 Å². The minimum Gasteiger partial charge on any atom is -0.493 e. The van der Waals surface area contributed by atoms with Crippen LogP contribution in [-0.4, -0.2) is 57.5 Å². The SMILES string of the molecule is CCCCC(CC)CN(CC(CC)CCCC)C(=O)c1cc(N=Nc2c(C)c(C#N)c(O)n(C3CCCCC3)c2=O)cc(C(=O)N(CC(CC)CCCC)CC(CC)CCCC)c1. The molecule has 1 N–H and O–H groups in total. The van der Waals surface area contributed by atoms with Crippen LogP contribution in [-0.2, 0) is 0 Å². The zero-order chi connectivity index (χ0) is 46.3. The third-order valence-corrected chi connectivity index (χ3v) is 14.0. The van der Waals surface area contributed by atoms with Crippen molar-refractivity contribution in [1.82, 2.24) is 14.4 Å². The highest BCUT2D eigenvalue weighted by Gasteiger charge is 2.29. The van der Waals surface area contributed by atoms with Crippen molar-refractivity contribution in [2.75, 3.05) is 26.2 Å². The minimum absolute atomic E-state index is 0.00408. The van der Waals surface area contributed by atoms with Crippen molar-refractivity contribution < 1.29 is 14.7 Å².